The number of hydrogen-bond donors (Lipinski definition) is 1. The molecule has 1 heterocycles. The van der Waals surface area contributed by atoms with E-state index in [1.165, 1.54) is 11.4 Å². The van der Waals surface area contributed by atoms with Gasteiger partial charge >= 0.3 is 12.7 Å². The summed E-state index contributed by atoms with van der Waals surface area (Å²) >= 11 is 1.19. The van der Waals surface area contributed by atoms with Crippen LogP contribution in [0, 0.1) is 5.41 Å². The minimum atomic E-state index is -3.07. The minimum Gasteiger partial charge on any atom is -0.464 e. The number of hydrogen-bond acceptors (Lipinski definition) is 7. The van der Waals surface area contributed by atoms with E-state index in [9.17, 15) is 9.36 Å². The quantitative estimate of drug-likeness (QED) is 0.295. The molecule has 1 aliphatic heterocycles. The molecule has 0 aliphatic carbocycles. The largest absolute Gasteiger partial charge is 0.464 e. The lowest BCUT2D eigenvalue weighted by Gasteiger charge is -2.30. The number of rotatable bonds is 11. The fourth-order valence-electron chi connectivity index (χ4n) is 2.63. The van der Waals surface area contributed by atoms with Crippen molar-refractivity contribution < 1.29 is 23.4 Å². The van der Waals surface area contributed by atoms with E-state index in [-0.39, 0.29) is 24.2 Å². The van der Waals surface area contributed by atoms with Gasteiger partial charge in [0.25, 0.3) is 0 Å². The van der Waals surface area contributed by atoms with Crippen LogP contribution in [-0.2, 0) is 23.4 Å². The maximum Gasteiger partial charge on any atom is 0.327 e. The summed E-state index contributed by atoms with van der Waals surface area (Å²) in [6.45, 7) is 14.7. The molecular formula is C19H39N2O5PS. The lowest BCUT2D eigenvalue weighted by Crippen LogP contribution is -2.39. The fraction of sp³-hybridized carbons (Fsp3) is 0.947. The van der Waals surface area contributed by atoms with Gasteiger partial charge in [-0.1, -0.05) is 11.4 Å². The van der Waals surface area contributed by atoms with Crippen molar-refractivity contribution in [3.8, 4) is 0 Å². The fourth-order valence-corrected chi connectivity index (χ4v) is 7.24. The van der Waals surface area contributed by atoms with E-state index in [1.54, 1.807) is 0 Å². The zero-order valence-electron chi connectivity index (χ0n) is 18.6. The van der Waals surface area contributed by atoms with Crippen molar-refractivity contribution >= 4 is 24.1 Å². The molecule has 1 rings (SSSR count). The van der Waals surface area contributed by atoms with Crippen LogP contribution in [0.15, 0.2) is 0 Å². The standard InChI is InChI=1S/C19H39N2O5PS/c1-16(2)26-27(23,20-18(3,4)5)28-15-14-25-17(22)19(6,7)8-9-21-10-12-24-13-11-21/h16H,8-15H2,1-7H3,(H,20,23). The summed E-state index contributed by atoms with van der Waals surface area (Å²) in [5.74, 6) is 0.197. The summed E-state index contributed by atoms with van der Waals surface area (Å²) < 4.78 is 29.5. The minimum absolute atomic E-state index is 0.158. The molecule has 28 heavy (non-hydrogen) atoms. The van der Waals surface area contributed by atoms with E-state index in [1.807, 2.05) is 48.5 Å². The molecule has 0 aromatic carbocycles. The highest BCUT2D eigenvalue weighted by molar-refractivity contribution is 8.56. The van der Waals surface area contributed by atoms with Gasteiger partial charge in [-0.15, -0.1) is 0 Å². The molecular weight excluding hydrogens is 399 g/mol. The lowest BCUT2D eigenvalue weighted by molar-refractivity contribution is -0.153. The number of nitrogens with one attached hydrogen (secondary N) is 1. The Morgan fingerprint density at radius 2 is 1.82 bits per heavy atom. The second kappa shape index (κ2) is 11.3. The molecule has 1 fully saturated rings. The van der Waals surface area contributed by atoms with Gasteiger partial charge in [0.15, 0.2) is 0 Å². The summed E-state index contributed by atoms with van der Waals surface area (Å²) in [7, 11) is 0. The van der Waals surface area contributed by atoms with Gasteiger partial charge in [0.05, 0.1) is 24.7 Å². The molecule has 0 amide bonds. The monoisotopic (exact) mass is 438 g/mol. The van der Waals surface area contributed by atoms with Crippen LogP contribution in [0.2, 0.25) is 0 Å². The van der Waals surface area contributed by atoms with Crippen molar-refractivity contribution in [2.24, 2.45) is 5.41 Å². The summed E-state index contributed by atoms with van der Waals surface area (Å²) in [4.78, 5) is 14.8. The Bertz CT molecular complexity index is 531. The molecule has 166 valence electrons. The number of carbonyl (C=O) groups is 1. The molecule has 1 aliphatic rings. The van der Waals surface area contributed by atoms with Crippen molar-refractivity contribution in [2.75, 3.05) is 45.2 Å². The Kier molecular flexibility index (Phi) is 10.5. The number of nitrogens with zero attached hydrogens (tertiary/aromatic N) is 1. The Hall–Kier alpha value is -0.110. The molecule has 0 bridgehead atoms. The molecule has 1 saturated heterocycles. The number of ether oxygens (including phenoxy) is 2. The summed E-state index contributed by atoms with van der Waals surface area (Å²) in [6.07, 6.45) is 0.578. The summed E-state index contributed by atoms with van der Waals surface area (Å²) in [5.41, 5.74) is -0.889. The smallest absolute Gasteiger partial charge is 0.327 e. The van der Waals surface area contributed by atoms with Gasteiger partial charge in [-0.05, 0) is 61.4 Å². The highest BCUT2D eigenvalue weighted by atomic mass is 32.7. The van der Waals surface area contributed by atoms with Crippen LogP contribution in [0.3, 0.4) is 0 Å². The van der Waals surface area contributed by atoms with Gasteiger partial charge in [0.1, 0.15) is 6.61 Å². The van der Waals surface area contributed by atoms with Crippen LogP contribution in [0.25, 0.3) is 0 Å². The second-order valence-electron chi connectivity index (χ2n) is 9.07. The third-order valence-electron chi connectivity index (χ3n) is 4.11. The van der Waals surface area contributed by atoms with Crippen LogP contribution in [0.4, 0.5) is 0 Å². The zero-order chi connectivity index (χ0) is 21.4. The first kappa shape index (κ1) is 25.9. The molecule has 0 radical (unpaired) electrons. The number of esters is 1. The van der Waals surface area contributed by atoms with Crippen molar-refractivity contribution in [3.63, 3.8) is 0 Å². The molecule has 0 saturated carbocycles. The first-order chi connectivity index (χ1) is 12.8. The molecule has 1 atom stereocenters. The SMILES string of the molecule is CC(C)OP(=O)(NC(C)(C)C)SCCOC(=O)C(C)(C)CCN1CCOCC1. The van der Waals surface area contributed by atoms with E-state index in [4.69, 9.17) is 14.0 Å². The maximum absolute atomic E-state index is 13.0. The Labute approximate surface area is 174 Å². The van der Waals surface area contributed by atoms with E-state index in [0.29, 0.717) is 5.75 Å². The predicted octanol–water partition coefficient (Wildman–Crippen LogP) is 3.93. The molecule has 0 aromatic heterocycles. The van der Waals surface area contributed by atoms with Gasteiger partial charge in [-0.3, -0.25) is 14.3 Å². The first-order valence-electron chi connectivity index (χ1n) is 10.0. The first-order valence-corrected chi connectivity index (χ1v) is 13.2. The van der Waals surface area contributed by atoms with Crippen molar-refractivity contribution in [3.05, 3.63) is 0 Å². The van der Waals surface area contributed by atoms with Gasteiger partial charge in [0, 0.05) is 24.4 Å². The average Bonchev–Trinajstić information content (AvgIpc) is 2.55. The van der Waals surface area contributed by atoms with Crippen LogP contribution < -0.4 is 5.09 Å². The van der Waals surface area contributed by atoms with Gasteiger partial charge < -0.3 is 14.0 Å². The molecule has 9 heteroatoms. The van der Waals surface area contributed by atoms with E-state index in [0.717, 1.165) is 39.3 Å². The van der Waals surface area contributed by atoms with E-state index >= 15 is 0 Å². The molecule has 0 spiro atoms. The van der Waals surface area contributed by atoms with Gasteiger partial charge in [0.2, 0.25) is 0 Å². The van der Waals surface area contributed by atoms with E-state index in [2.05, 4.69) is 9.99 Å². The highest BCUT2D eigenvalue weighted by Gasteiger charge is 2.32. The molecule has 0 aromatic rings. The second-order valence-corrected chi connectivity index (χ2v) is 13.4. The predicted molar refractivity (Wildman–Crippen MR) is 116 cm³/mol. The number of carbonyl (C=O) groups excluding carboxylic acids is 1. The normalized spacial score (nSPS) is 18.9. The van der Waals surface area contributed by atoms with Crippen LogP contribution in [0.5, 0.6) is 0 Å². The van der Waals surface area contributed by atoms with Gasteiger partial charge in [-0.25, -0.2) is 5.09 Å². The number of morpholine rings is 1. The molecule has 1 N–H and O–H groups in total. The van der Waals surface area contributed by atoms with Crippen molar-refractivity contribution in [2.45, 2.75) is 66.5 Å². The van der Waals surface area contributed by atoms with Crippen LogP contribution in [0.1, 0.15) is 54.9 Å². The van der Waals surface area contributed by atoms with E-state index < -0.39 is 12.1 Å². The van der Waals surface area contributed by atoms with Crippen molar-refractivity contribution in [1.82, 2.24) is 9.99 Å². The van der Waals surface area contributed by atoms with Gasteiger partial charge in [-0.2, -0.15) is 0 Å². The van der Waals surface area contributed by atoms with Crippen molar-refractivity contribution in [1.29, 1.82) is 0 Å². The molecule has 7 nitrogen and oxygen atoms in total. The summed E-state index contributed by atoms with van der Waals surface area (Å²) in [6, 6.07) is 0. The average molecular weight is 439 g/mol. The topological polar surface area (TPSA) is 77.1 Å². The Morgan fingerprint density at radius 3 is 2.36 bits per heavy atom. The van der Waals surface area contributed by atoms with Crippen LogP contribution >= 0.6 is 18.1 Å². The lowest BCUT2D eigenvalue weighted by atomic mass is 9.89. The third-order valence-corrected chi connectivity index (χ3v) is 8.54. The highest BCUT2D eigenvalue weighted by Crippen LogP contribution is 2.57. The zero-order valence-corrected chi connectivity index (χ0v) is 20.3. The third kappa shape index (κ3) is 10.6. The van der Waals surface area contributed by atoms with Crippen LogP contribution in [-0.4, -0.2) is 67.7 Å². The Balaban J connectivity index is 2.42. The summed E-state index contributed by atoms with van der Waals surface area (Å²) in [5, 5.41) is 3.08. The maximum atomic E-state index is 13.0. The Morgan fingerprint density at radius 1 is 1.21 bits per heavy atom. The molecule has 1 unspecified atom stereocenters.